The Labute approximate surface area is 123 Å². The fraction of sp³-hybridized carbons (Fsp3) is 0.0625. The molecule has 2 nitrogen and oxygen atoms in total. The summed E-state index contributed by atoms with van der Waals surface area (Å²) in [6, 6.07) is 9.98. The molecule has 0 aliphatic carbocycles. The molecule has 0 saturated heterocycles. The Bertz CT molecular complexity index is 822. The molecule has 0 radical (unpaired) electrons. The zero-order chi connectivity index (χ0) is 14.3. The lowest BCUT2D eigenvalue weighted by Gasteiger charge is -2.04. The number of aromatic nitrogens is 1. The van der Waals surface area contributed by atoms with Crippen LogP contribution in [0.25, 0.3) is 10.9 Å². The van der Waals surface area contributed by atoms with Crippen molar-refractivity contribution in [1.29, 1.82) is 0 Å². The minimum absolute atomic E-state index is 0.127. The smallest absolute Gasteiger partial charge is 0.196 e. The van der Waals surface area contributed by atoms with Gasteiger partial charge in [-0.25, -0.2) is 4.39 Å². The molecule has 0 atom stereocenters. The van der Waals surface area contributed by atoms with E-state index in [1.165, 1.54) is 12.1 Å². The number of ketones is 1. The van der Waals surface area contributed by atoms with Crippen LogP contribution < -0.4 is 0 Å². The number of carbonyl (C=O) groups is 1. The van der Waals surface area contributed by atoms with Crippen LogP contribution in [0.15, 0.2) is 47.1 Å². The van der Waals surface area contributed by atoms with E-state index in [9.17, 15) is 9.18 Å². The minimum atomic E-state index is -0.352. The average molecular weight is 332 g/mol. The molecule has 0 aliphatic rings. The van der Waals surface area contributed by atoms with Gasteiger partial charge in [0.1, 0.15) is 5.82 Å². The molecule has 1 N–H and O–H groups in total. The summed E-state index contributed by atoms with van der Waals surface area (Å²) in [7, 11) is 0. The van der Waals surface area contributed by atoms with E-state index >= 15 is 0 Å². The molecule has 1 aromatic heterocycles. The largest absolute Gasteiger partial charge is 0.360 e. The van der Waals surface area contributed by atoms with E-state index in [1.54, 1.807) is 12.3 Å². The van der Waals surface area contributed by atoms with Crippen LogP contribution in [0, 0.1) is 12.7 Å². The molecule has 3 aromatic rings. The molecule has 0 aliphatic heterocycles. The van der Waals surface area contributed by atoms with Crippen molar-refractivity contribution in [2.75, 3.05) is 0 Å². The number of nitrogens with one attached hydrogen (secondary N) is 1. The maximum absolute atomic E-state index is 13.4. The molecule has 0 saturated carbocycles. The quantitative estimate of drug-likeness (QED) is 0.683. The third-order valence-electron chi connectivity index (χ3n) is 3.25. The number of fused-ring (bicyclic) bond motifs is 1. The molecular formula is C16H11BrFNO. The summed E-state index contributed by atoms with van der Waals surface area (Å²) in [5.74, 6) is -0.480. The maximum Gasteiger partial charge on any atom is 0.196 e. The Morgan fingerprint density at radius 2 is 1.95 bits per heavy atom. The highest BCUT2D eigenvalue weighted by Crippen LogP contribution is 2.26. The van der Waals surface area contributed by atoms with E-state index in [0.717, 1.165) is 15.6 Å². The molecule has 0 spiro atoms. The van der Waals surface area contributed by atoms with E-state index in [-0.39, 0.29) is 11.6 Å². The number of hydrogen-bond acceptors (Lipinski definition) is 1. The van der Waals surface area contributed by atoms with Gasteiger partial charge in [0.2, 0.25) is 0 Å². The van der Waals surface area contributed by atoms with Crippen molar-refractivity contribution in [3.63, 3.8) is 0 Å². The minimum Gasteiger partial charge on any atom is -0.360 e. The van der Waals surface area contributed by atoms with Crippen molar-refractivity contribution in [3.8, 4) is 0 Å². The summed E-state index contributed by atoms with van der Waals surface area (Å²) in [6.07, 6.45) is 1.63. The predicted octanol–water partition coefficient (Wildman–Crippen LogP) is 4.61. The molecule has 2 aromatic carbocycles. The predicted molar refractivity (Wildman–Crippen MR) is 80.6 cm³/mol. The van der Waals surface area contributed by atoms with Gasteiger partial charge in [0.25, 0.3) is 0 Å². The first-order valence-corrected chi connectivity index (χ1v) is 6.93. The molecular weight excluding hydrogens is 321 g/mol. The summed E-state index contributed by atoms with van der Waals surface area (Å²) >= 11 is 3.39. The molecule has 1 heterocycles. The van der Waals surface area contributed by atoms with Gasteiger partial charge >= 0.3 is 0 Å². The van der Waals surface area contributed by atoms with Crippen molar-refractivity contribution in [2.24, 2.45) is 0 Å². The number of rotatable bonds is 2. The summed E-state index contributed by atoms with van der Waals surface area (Å²) in [6.45, 7) is 1.93. The topological polar surface area (TPSA) is 32.9 Å². The molecule has 100 valence electrons. The number of aromatic amines is 1. The first-order valence-electron chi connectivity index (χ1n) is 6.14. The second-order valence-corrected chi connectivity index (χ2v) is 5.56. The lowest BCUT2D eigenvalue weighted by Crippen LogP contribution is -2.02. The van der Waals surface area contributed by atoms with Gasteiger partial charge in [0.05, 0.1) is 0 Å². The SMILES string of the molecule is Cc1ccc(Br)c(C(=O)c2c[nH]c3ccc(F)cc23)c1. The summed E-state index contributed by atoms with van der Waals surface area (Å²) < 4.78 is 14.1. The van der Waals surface area contributed by atoms with Crippen LogP contribution in [-0.4, -0.2) is 10.8 Å². The Balaban J connectivity index is 2.17. The highest BCUT2D eigenvalue weighted by Gasteiger charge is 2.17. The fourth-order valence-corrected chi connectivity index (χ4v) is 2.67. The van der Waals surface area contributed by atoms with E-state index in [2.05, 4.69) is 20.9 Å². The van der Waals surface area contributed by atoms with E-state index in [0.29, 0.717) is 16.5 Å². The molecule has 0 unspecified atom stereocenters. The first kappa shape index (κ1) is 13.1. The van der Waals surface area contributed by atoms with E-state index < -0.39 is 0 Å². The number of benzene rings is 2. The lowest BCUT2D eigenvalue weighted by molar-refractivity contribution is 0.103. The Kier molecular flexibility index (Phi) is 3.18. The normalized spacial score (nSPS) is 10.9. The summed E-state index contributed by atoms with van der Waals surface area (Å²) in [5.41, 5.74) is 2.81. The van der Waals surface area contributed by atoms with Gasteiger partial charge in [-0.1, -0.05) is 27.6 Å². The zero-order valence-electron chi connectivity index (χ0n) is 10.7. The van der Waals surface area contributed by atoms with Crippen molar-refractivity contribution in [1.82, 2.24) is 4.98 Å². The van der Waals surface area contributed by atoms with Gasteiger partial charge in [-0.3, -0.25) is 4.79 Å². The number of hydrogen-bond donors (Lipinski definition) is 1. The number of H-pyrrole nitrogens is 1. The van der Waals surface area contributed by atoms with Gasteiger partial charge in [0.15, 0.2) is 5.78 Å². The Morgan fingerprint density at radius 1 is 1.15 bits per heavy atom. The van der Waals surface area contributed by atoms with Crippen molar-refractivity contribution >= 4 is 32.6 Å². The van der Waals surface area contributed by atoms with Crippen LogP contribution in [0.3, 0.4) is 0 Å². The van der Waals surface area contributed by atoms with Crippen LogP contribution in [0.4, 0.5) is 4.39 Å². The molecule has 0 fully saturated rings. The fourth-order valence-electron chi connectivity index (χ4n) is 2.24. The second kappa shape index (κ2) is 4.87. The van der Waals surface area contributed by atoms with Crippen molar-refractivity contribution in [3.05, 3.63) is 69.6 Å². The zero-order valence-corrected chi connectivity index (χ0v) is 12.3. The lowest BCUT2D eigenvalue weighted by atomic mass is 10.0. The first-order chi connectivity index (χ1) is 9.56. The van der Waals surface area contributed by atoms with Gasteiger partial charge in [-0.2, -0.15) is 0 Å². The Morgan fingerprint density at radius 3 is 2.75 bits per heavy atom. The summed E-state index contributed by atoms with van der Waals surface area (Å²) in [4.78, 5) is 15.6. The van der Waals surface area contributed by atoms with Crippen molar-refractivity contribution in [2.45, 2.75) is 6.92 Å². The highest BCUT2D eigenvalue weighted by molar-refractivity contribution is 9.10. The average Bonchev–Trinajstić information content (AvgIpc) is 2.83. The third-order valence-corrected chi connectivity index (χ3v) is 3.95. The summed E-state index contributed by atoms with van der Waals surface area (Å²) in [5, 5.41) is 0.600. The maximum atomic E-state index is 13.4. The van der Waals surface area contributed by atoms with Gasteiger partial charge < -0.3 is 4.98 Å². The van der Waals surface area contributed by atoms with Crippen LogP contribution in [0.1, 0.15) is 21.5 Å². The number of aryl methyl sites for hydroxylation is 1. The van der Waals surface area contributed by atoms with Gasteiger partial charge in [0, 0.05) is 32.7 Å². The highest BCUT2D eigenvalue weighted by atomic mass is 79.9. The second-order valence-electron chi connectivity index (χ2n) is 4.70. The van der Waals surface area contributed by atoms with Crippen LogP contribution in [0.5, 0.6) is 0 Å². The van der Waals surface area contributed by atoms with Crippen LogP contribution in [-0.2, 0) is 0 Å². The van der Waals surface area contributed by atoms with Gasteiger partial charge in [-0.15, -0.1) is 0 Å². The van der Waals surface area contributed by atoms with E-state index in [4.69, 9.17) is 0 Å². The van der Waals surface area contributed by atoms with Crippen LogP contribution in [0.2, 0.25) is 0 Å². The molecule has 0 bridgehead atoms. The molecule has 20 heavy (non-hydrogen) atoms. The Hall–Kier alpha value is -1.94. The van der Waals surface area contributed by atoms with Crippen molar-refractivity contribution < 1.29 is 9.18 Å². The van der Waals surface area contributed by atoms with E-state index in [1.807, 2.05) is 25.1 Å². The standard InChI is InChI=1S/C16H11BrFNO/c1-9-2-4-14(17)12(6-9)16(20)13-8-19-15-5-3-10(18)7-11(13)15/h2-8,19H,1H3. The number of carbonyl (C=O) groups excluding carboxylic acids is 1. The third kappa shape index (κ3) is 2.16. The number of halogens is 2. The monoisotopic (exact) mass is 331 g/mol. The van der Waals surface area contributed by atoms with Crippen LogP contribution >= 0.6 is 15.9 Å². The van der Waals surface area contributed by atoms with Gasteiger partial charge in [-0.05, 0) is 37.3 Å². The molecule has 4 heteroatoms. The molecule has 0 amide bonds. The molecule has 3 rings (SSSR count).